The first-order valence-corrected chi connectivity index (χ1v) is 6.99. The number of benzene rings is 1. The van der Waals surface area contributed by atoms with Crippen molar-refractivity contribution in [3.05, 3.63) is 46.3 Å². The molecule has 1 aromatic heterocycles. The Hall–Kier alpha value is -2.10. The number of hydrogen-bond acceptors (Lipinski definition) is 2. The number of nitrogens with one attached hydrogen (secondary N) is 1. The van der Waals surface area contributed by atoms with E-state index in [1.807, 2.05) is 43.8 Å². The lowest BCUT2D eigenvalue weighted by molar-refractivity contribution is 0.102. The number of fused-ring (bicyclic) bond motifs is 1. The molecule has 1 aromatic carbocycles. The van der Waals surface area contributed by atoms with E-state index in [1.54, 1.807) is 0 Å². The predicted molar refractivity (Wildman–Crippen MR) is 79.1 cm³/mol. The fourth-order valence-corrected chi connectivity index (χ4v) is 2.85. The van der Waals surface area contributed by atoms with E-state index in [0.29, 0.717) is 5.69 Å². The molecule has 0 saturated heterocycles. The van der Waals surface area contributed by atoms with Crippen LogP contribution in [0.15, 0.2) is 18.2 Å². The van der Waals surface area contributed by atoms with Crippen molar-refractivity contribution in [3.63, 3.8) is 0 Å². The van der Waals surface area contributed by atoms with Gasteiger partial charge in [-0.05, 0) is 50.3 Å². The van der Waals surface area contributed by atoms with Crippen LogP contribution in [0.1, 0.15) is 39.3 Å². The van der Waals surface area contributed by atoms with E-state index in [2.05, 4.69) is 10.4 Å². The fourth-order valence-electron chi connectivity index (χ4n) is 2.85. The molecule has 4 heteroatoms. The Bertz CT molecular complexity index is 685. The van der Waals surface area contributed by atoms with Crippen LogP contribution in [0.5, 0.6) is 0 Å². The lowest BCUT2D eigenvalue weighted by Crippen LogP contribution is -2.15. The number of carbonyl (C=O) groups excluding carboxylic acids is 1. The standard InChI is InChI=1S/C16H19N3O/c1-10-7-8-11(2)13(9-10)17-16(20)15-12-5-4-6-14(12)19(3)18-15/h7-9H,4-6H2,1-3H3,(H,17,20). The van der Waals surface area contributed by atoms with Crippen LogP contribution in [0.25, 0.3) is 0 Å². The monoisotopic (exact) mass is 269 g/mol. The van der Waals surface area contributed by atoms with Gasteiger partial charge in [0.05, 0.1) is 0 Å². The topological polar surface area (TPSA) is 46.9 Å². The molecule has 4 nitrogen and oxygen atoms in total. The number of rotatable bonds is 2. The van der Waals surface area contributed by atoms with Crippen molar-refractivity contribution in [1.29, 1.82) is 0 Å². The van der Waals surface area contributed by atoms with Gasteiger partial charge < -0.3 is 5.32 Å². The molecule has 104 valence electrons. The number of amides is 1. The fraction of sp³-hybridized carbons (Fsp3) is 0.375. The minimum Gasteiger partial charge on any atom is -0.320 e. The molecule has 1 aliphatic rings. The highest BCUT2D eigenvalue weighted by atomic mass is 16.2. The van der Waals surface area contributed by atoms with Gasteiger partial charge in [0.25, 0.3) is 5.91 Å². The Labute approximate surface area is 118 Å². The Balaban J connectivity index is 1.90. The van der Waals surface area contributed by atoms with E-state index >= 15 is 0 Å². The maximum absolute atomic E-state index is 12.5. The number of anilines is 1. The normalized spacial score (nSPS) is 13.3. The van der Waals surface area contributed by atoms with Crippen molar-refractivity contribution in [2.75, 3.05) is 5.32 Å². The van der Waals surface area contributed by atoms with Crippen LogP contribution in [-0.4, -0.2) is 15.7 Å². The molecule has 0 aliphatic heterocycles. The van der Waals surface area contributed by atoms with Crippen LogP contribution in [0.4, 0.5) is 5.69 Å². The molecule has 20 heavy (non-hydrogen) atoms. The Morgan fingerprint density at radius 2 is 2.10 bits per heavy atom. The molecule has 1 amide bonds. The van der Waals surface area contributed by atoms with E-state index in [1.165, 1.54) is 5.69 Å². The summed E-state index contributed by atoms with van der Waals surface area (Å²) < 4.78 is 1.85. The van der Waals surface area contributed by atoms with Crippen molar-refractivity contribution in [2.24, 2.45) is 7.05 Å². The summed E-state index contributed by atoms with van der Waals surface area (Å²) in [6, 6.07) is 6.06. The first kappa shape index (κ1) is 12.9. The number of hydrogen-bond donors (Lipinski definition) is 1. The minimum absolute atomic E-state index is 0.0996. The third-order valence-corrected chi connectivity index (χ3v) is 3.97. The smallest absolute Gasteiger partial charge is 0.276 e. The average Bonchev–Trinajstić information content (AvgIpc) is 2.98. The Kier molecular flexibility index (Phi) is 3.08. The zero-order chi connectivity index (χ0) is 14.3. The zero-order valence-electron chi connectivity index (χ0n) is 12.2. The van der Waals surface area contributed by atoms with Crippen LogP contribution in [0.2, 0.25) is 0 Å². The summed E-state index contributed by atoms with van der Waals surface area (Å²) in [4.78, 5) is 12.5. The zero-order valence-corrected chi connectivity index (χ0v) is 12.2. The van der Waals surface area contributed by atoms with Gasteiger partial charge >= 0.3 is 0 Å². The van der Waals surface area contributed by atoms with Crippen LogP contribution in [0.3, 0.4) is 0 Å². The maximum atomic E-state index is 12.5. The first-order valence-electron chi connectivity index (χ1n) is 6.99. The second-order valence-corrected chi connectivity index (χ2v) is 5.52. The molecule has 0 saturated carbocycles. The average molecular weight is 269 g/mol. The summed E-state index contributed by atoms with van der Waals surface area (Å²) >= 11 is 0. The van der Waals surface area contributed by atoms with Crippen molar-refractivity contribution >= 4 is 11.6 Å². The van der Waals surface area contributed by atoms with Gasteiger partial charge in [0.2, 0.25) is 0 Å². The van der Waals surface area contributed by atoms with Crippen LogP contribution in [-0.2, 0) is 19.9 Å². The molecule has 0 bridgehead atoms. The van der Waals surface area contributed by atoms with Gasteiger partial charge in [0, 0.05) is 24.0 Å². The first-order chi connectivity index (χ1) is 9.56. The van der Waals surface area contributed by atoms with E-state index in [-0.39, 0.29) is 5.91 Å². The second kappa shape index (κ2) is 4.78. The van der Waals surface area contributed by atoms with Crippen molar-refractivity contribution < 1.29 is 4.79 Å². The van der Waals surface area contributed by atoms with E-state index in [0.717, 1.165) is 41.6 Å². The second-order valence-electron chi connectivity index (χ2n) is 5.52. The largest absolute Gasteiger partial charge is 0.320 e. The third-order valence-electron chi connectivity index (χ3n) is 3.97. The van der Waals surface area contributed by atoms with Gasteiger partial charge in [0.15, 0.2) is 5.69 Å². The summed E-state index contributed by atoms with van der Waals surface area (Å²) in [5, 5.41) is 7.38. The Morgan fingerprint density at radius 3 is 2.90 bits per heavy atom. The summed E-state index contributed by atoms with van der Waals surface area (Å²) in [5.74, 6) is -0.0996. The summed E-state index contributed by atoms with van der Waals surface area (Å²) in [5.41, 5.74) is 5.98. The molecular formula is C16H19N3O. The molecule has 1 heterocycles. The molecule has 0 spiro atoms. The minimum atomic E-state index is -0.0996. The molecule has 1 aliphatic carbocycles. The molecule has 0 unspecified atom stereocenters. The molecule has 3 rings (SSSR count). The summed E-state index contributed by atoms with van der Waals surface area (Å²) in [7, 11) is 1.92. The van der Waals surface area contributed by atoms with Crippen molar-refractivity contribution in [1.82, 2.24) is 9.78 Å². The van der Waals surface area contributed by atoms with Crippen LogP contribution in [0, 0.1) is 13.8 Å². The molecule has 2 aromatic rings. The highest BCUT2D eigenvalue weighted by Gasteiger charge is 2.25. The van der Waals surface area contributed by atoms with Gasteiger partial charge in [-0.15, -0.1) is 0 Å². The van der Waals surface area contributed by atoms with Crippen LogP contribution < -0.4 is 5.32 Å². The highest BCUT2D eigenvalue weighted by Crippen LogP contribution is 2.25. The summed E-state index contributed by atoms with van der Waals surface area (Å²) in [6.07, 6.45) is 3.10. The Morgan fingerprint density at radius 1 is 1.30 bits per heavy atom. The van der Waals surface area contributed by atoms with Crippen molar-refractivity contribution in [2.45, 2.75) is 33.1 Å². The van der Waals surface area contributed by atoms with Gasteiger partial charge in [-0.1, -0.05) is 12.1 Å². The summed E-state index contributed by atoms with van der Waals surface area (Å²) in [6.45, 7) is 4.02. The third kappa shape index (κ3) is 2.11. The van der Waals surface area contributed by atoms with E-state index in [9.17, 15) is 4.79 Å². The van der Waals surface area contributed by atoms with E-state index in [4.69, 9.17) is 0 Å². The highest BCUT2D eigenvalue weighted by molar-refractivity contribution is 6.04. The molecular weight excluding hydrogens is 250 g/mol. The van der Waals surface area contributed by atoms with E-state index < -0.39 is 0 Å². The number of aryl methyl sites for hydroxylation is 3. The molecule has 0 radical (unpaired) electrons. The lowest BCUT2D eigenvalue weighted by Gasteiger charge is -2.08. The number of carbonyl (C=O) groups is 1. The molecule has 0 atom stereocenters. The van der Waals surface area contributed by atoms with Gasteiger partial charge in [-0.3, -0.25) is 9.48 Å². The lowest BCUT2D eigenvalue weighted by atomic mass is 10.1. The van der Waals surface area contributed by atoms with Gasteiger partial charge in [-0.2, -0.15) is 5.10 Å². The van der Waals surface area contributed by atoms with Crippen LogP contribution >= 0.6 is 0 Å². The quantitative estimate of drug-likeness (QED) is 0.911. The maximum Gasteiger partial charge on any atom is 0.276 e. The predicted octanol–water partition coefficient (Wildman–Crippen LogP) is 2.78. The molecule has 1 N–H and O–H groups in total. The van der Waals surface area contributed by atoms with Gasteiger partial charge in [0.1, 0.15) is 0 Å². The molecule has 0 fully saturated rings. The van der Waals surface area contributed by atoms with Gasteiger partial charge in [-0.25, -0.2) is 0 Å². The number of aromatic nitrogens is 2. The van der Waals surface area contributed by atoms with Crippen molar-refractivity contribution in [3.8, 4) is 0 Å². The number of nitrogens with zero attached hydrogens (tertiary/aromatic N) is 2. The SMILES string of the molecule is Cc1ccc(C)c(NC(=O)c2nn(C)c3c2CCC3)c1.